The smallest absolute Gasteiger partial charge is 0.192 e. The lowest BCUT2D eigenvalue weighted by molar-refractivity contribution is -0.0854. The summed E-state index contributed by atoms with van der Waals surface area (Å²) in [5, 5.41) is 10.7. The molecule has 2 heterocycles. The molecular weight excluding hydrogens is 442 g/mol. The molecule has 5 nitrogen and oxygen atoms in total. The average molecular weight is 484 g/mol. The van der Waals surface area contributed by atoms with Crippen LogP contribution in [-0.4, -0.2) is 61.9 Å². The second kappa shape index (κ2) is 10.6. The van der Waals surface area contributed by atoms with Gasteiger partial charge in [0.15, 0.2) is 8.32 Å². The van der Waals surface area contributed by atoms with Crippen LogP contribution in [0.25, 0.3) is 0 Å². The Morgan fingerprint density at radius 2 is 1.41 bits per heavy atom. The van der Waals surface area contributed by atoms with Gasteiger partial charge in [0, 0.05) is 12.6 Å². The van der Waals surface area contributed by atoms with Gasteiger partial charge in [-0.3, -0.25) is 4.90 Å². The third-order valence-corrected chi connectivity index (χ3v) is 12.4. The molecule has 0 amide bonds. The van der Waals surface area contributed by atoms with Crippen molar-refractivity contribution in [1.82, 2.24) is 4.90 Å². The van der Waals surface area contributed by atoms with Crippen molar-refractivity contribution in [2.75, 3.05) is 13.2 Å². The van der Waals surface area contributed by atoms with E-state index in [-0.39, 0.29) is 35.4 Å². The lowest BCUT2D eigenvalue weighted by Gasteiger charge is -2.38. The summed E-state index contributed by atoms with van der Waals surface area (Å²) in [6, 6.07) is 20.8. The van der Waals surface area contributed by atoms with Crippen LogP contribution in [0.4, 0.5) is 0 Å². The zero-order valence-corrected chi connectivity index (χ0v) is 22.3. The molecule has 2 aliphatic heterocycles. The summed E-state index contributed by atoms with van der Waals surface area (Å²) in [5.41, 5.74) is 2.30. The molecule has 2 aromatic carbocycles. The molecule has 0 unspecified atom stereocenters. The summed E-state index contributed by atoms with van der Waals surface area (Å²) in [6.07, 6.45) is 0.139. The summed E-state index contributed by atoms with van der Waals surface area (Å²) < 4.78 is 19.9. The molecule has 2 aromatic rings. The molecule has 2 aliphatic rings. The number of hydrogen-bond donors (Lipinski definition) is 1. The summed E-state index contributed by atoms with van der Waals surface area (Å²) in [6.45, 7) is 13.7. The van der Waals surface area contributed by atoms with Gasteiger partial charge in [-0.1, -0.05) is 81.4 Å². The SMILES string of the molecule is CC(C)(C)[Si](C)(C)OC[C@H]1[C@@H](OCc2ccccc2)[C@H](OCc2ccccc2)[C@H]2C[C@H](O)CN21. The van der Waals surface area contributed by atoms with Crippen molar-refractivity contribution in [3.8, 4) is 0 Å². The van der Waals surface area contributed by atoms with E-state index in [1.807, 2.05) is 36.4 Å². The van der Waals surface area contributed by atoms with Crippen molar-refractivity contribution < 1.29 is 19.0 Å². The summed E-state index contributed by atoms with van der Waals surface area (Å²) in [4.78, 5) is 2.39. The Hall–Kier alpha value is -1.54. The molecule has 0 aromatic heterocycles. The molecule has 2 fully saturated rings. The maximum Gasteiger partial charge on any atom is 0.192 e. The molecule has 186 valence electrons. The minimum absolute atomic E-state index is 0.0563. The maximum absolute atomic E-state index is 10.5. The van der Waals surface area contributed by atoms with E-state index in [2.05, 4.69) is 63.0 Å². The third kappa shape index (κ3) is 5.81. The minimum Gasteiger partial charge on any atom is -0.415 e. The number of rotatable bonds is 9. The zero-order valence-electron chi connectivity index (χ0n) is 21.3. The Morgan fingerprint density at radius 1 is 0.882 bits per heavy atom. The highest BCUT2D eigenvalue weighted by atomic mass is 28.4. The molecular formula is C28H41NO4Si. The monoisotopic (exact) mass is 483 g/mol. The van der Waals surface area contributed by atoms with Crippen LogP contribution in [0.5, 0.6) is 0 Å². The zero-order chi connectivity index (χ0) is 24.3. The van der Waals surface area contributed by atoms with Crippen LogP contribution in [0, 0.1) is 0 Å². The summed E-state index contributed by atoms with van der Waals surface area (Å²) in [7, 11) is -1.93. The van der Waals surface area contributed by atoms with Crippen molar-refractivity contribution >= 4 is 8.32 Å². The predicted molar refractivity (Wildman–Crippen MR) is 138 cm³/mol. The lowest BCUT2D eigenvalue weighted by Crippen LogP contribution is -2.48. The van der Waals surface area contributed by atoms with Crippen LogP contribution in [0.3, 0.4) is 0 Å². The molecule has 0 bridgehead atoms. The van der Waals surface area contributed by atoms with Crippen molar-refractivity contribution in [1.29, 1.82) is 0 Å². The van der Waals surface area contributed by atoms with Gasteiger partial charge in [-0.05, 0) is 35.7 Å². The van der Waals surface area contributed by atoms with Gasteiger partial charge < -0.3 is 19.0 Å². The first-order valence-electron chi connectivity index (χ1n) is 12.5. The van der Waals surface area contributed by atoms with Crippen LogP contribution in [0.1, 0.15) is 38.3 Å². The first kappa shape index (κ1) is 25.5. The van der Waals surface area contributed by atoms with Crippen LogP contribution in [0.15, 0.2) is 60.7 Å². The maximum atomic E-state index is 10.5. The molecule has 0 saturated carbocycles. The van der Waals surface area contributed by atoms with Crippen LogP contribution >= 0.6 is 0 Å². The van der Waals surface area contributed by atoms with Gasteiger partial charge in [0.2, 0.25) is 0 Å². The largest absolute Gasteiger partial charge is 0.415 e. The van der Waals surface area contributed by atoms with E-state index in [1.165, 1.54) is 0 Å². The molecule has 5 atom stereocenters. The Morgan fingerprint density at radius 3 is 1.94 bits per heavy atom. The number of fused-ring (bicyclic) bond motifs is 1. The Kier molecular flexibility index (Phi) is 7.97. The molecule has 34 heavy (non-hydrogen) atoms. The molecule has 2 saturated heterocycles. The van der Waals surface area contributed by atoms with Gasteiger partial charge in [0.05, 0.1) is 32.0 Å². The topological polar surface area (TPSA) is 51.2 Å². The van der Waals surface area contributed by atoms with E-state index in [1.54, 1.807) is 0 Å². The van der Waals surface area contributed by atoms with Gasteiger partial charge in [-0.2, -0.15) is 0 Å². The van der Waals surface area contributed by atoms with Gasteiger partial charge in [-0.25, -0.2) is 0 Å². The number of ether oxygens (including phenoxy) is 2. The Bertz CT molecular complexity index is 902. The third-order valence-electron chi connectivity index (χ3n) is 7.86. The molecule has 0 radical (unpaired) electrons. The lowest BCUT2D eigenvalue weighted by atomic mass is 10.0. The molecule has 0 aliphatic carbocycles. The number of aliphatic hydroxyl groups excluding tert-OH is 1. The second-order valence-corrected chi connectivity index (χ2v) is 16.1. The van der Waals surface area contributed by atoms with Gasteiger partial charge in [-0.15, -0.1) is 0 Å². The predicted octanol–water partition coefficient (Wildman–Crippen LogP) is 5.00. The van der Waals surface area contributed by atoms with E-state index in [0.717, 1.165) is 11.1 Å². The number of hydrogen-bond acceptors (Lipinski definition) is 5. The van der Waals surface area contributed by atoms with Crippen molar-refractivity contribution in [3.63, 3.8) is 0 Å². The summed E-state index contributed by atoms with van der Waals surface area (Å²) in [5.74, 6) is 0. The Labute approximate surface area is 206 Å². The highest BCUT2D eigenvalue weighted by Gasteiger charge is 2.55. The van der Waals surface area contributed by atoms with Crippen LogP contribution < -0.4 is 0 Å². The highest BCUT2D eigenvalue weighted by molar-refractivity contribution is 6.74. The molecule has 0 spiro atoms. The number of aliphatic hydroxyl groups is 1. The van der Waals surface area contributed by atoms with Crippen molar-refractivity contribution in [2.45, 2.75) is 88.9 Å². The van der Waals surface area contributed by atoms with Crippen molar-refractivity contribution in [2.24, 2.45) is 0 Å². The van der Waals surface area contributed by atoms with Gasteiger partial charge in [0.1, 0.15) is 12.2 Å². The van der Waals surface area contributed by atoms with Gasteiger partial charge >= 0.3 is 0 Å². The number of benzene rings is 2. The van der Waals surface area contributed by atoms with E-state index in [4.69, 9.17) is 13.9 Å². The average Bonchev–Trinajstić information content (AvgIpc) is 3.30. The Balaban J connectivity index is 1.55. The second-order valence-electron chi connectivity index (χ2n) is 11.3. The van der Waals surface area contributed by atoms with E-state index >= 15 is 0 Å². The van der Waals surface area contributed by atoms with Crippen LogP contribution in [-0.2, 0) is 27.1 Å². The number of nitrogens with zero attached hydrogens (tertiary/aromatic N) is 1. The van der Waals surface area contributed by atoms with Crippen LogP contribution in [0.2, 0.25) is 18.1 Å². The standard InChI is InChI=1S/C28H41NO4Si/c1-28(2,3)34(4,5)33-20-25-27(32-19-22-14-10-7-11-15-22)26(24-16-23(30)17-29(24)25)31-18-21-12-8-6-9-13-21/h6-15,23-27,30H,16-20H2,1-5H3/t23-,24+,25-,26+,27+/m0/s1. The normalized spacial score (nSPS) is 27.8. The molecule has 6 heteroatoms. The molecule has 4 rings (SSSR count). The fraction of sp³-hybridized carbons (Fsp3) is 0.571. The fourth-order valence-electron chi connectivity index (χ4n) is 4.84. The molecule has 1 N–H and O–H groups in total. The first-order chi connectivity index (χ1) is 16.2. The summed E-state index contributed by atoms with van der Waals surface area (Å²) >= 11 is 0. The fourth-order valence-corrected chi connectivity index (χ4v) is 5.86. The van der Waals surface area contributed by atoms with E-state index in [9.17, 15) is 5.11 Å². The van der Waals surface area contributed by atoms with Crippen molar-refractivity contribution in [3.05, 3.63) is 71.8 Å². The minimum atomic E-state index is -1.93. The van der Waals surface area contributed by atoms with E-state index < -0.39 is 8.32 Å². The quantitative estimate of drug-likeness (QED) is 0.509. The highest BCUT2D eigenvalue weighted by Crippen LogP contribution is 2.40. The van der Waals surface area contributed by atoms with E-state index in [0.29, 0.717) is 32.8 Å². The van der Waals surface area contributed by atoms with Gasteiger partial charge in [0.25, 0.3) is 0 Å². The first-order valence-corrected chi connectivity index (χ1v) is 15.5.